The molecule has 1 aliphatic heterocycles. The van der Waals surface area contributed by atoms with Crippen LogP contribution >= 0.6 is 0 Å². The van der Waals surface area contributed by atoms with Crippen molar-refractivity contribution in [2.45, 2.75) is 38.2 Å². The number of aromatic nitrogens is 2. The van der Waals surface area contributed by atoms with E-state index in [1.165, 1.54) is 12.8 Å². The SMILES string of the molecule is CCNc1ccnc(N2CCN(CC3(O)CCCC3)CC2)n1. The lowest BCUT2D eigenvalue weighted by Crippen LogP contribution is -2.51. The van der Waals surface area contributed by atoms with E-state index in [1.54, 1.807) is 0 Å². The van der Waals surface area contributed by atoms with E-state index in [9.17, 15) is 5.11 Å². The lowest BCUT2D eigenvalue weighted by molar-refractivity contribution is 0.00796. The van der Waals surface area contributed by atoms with Crippen molar-refractivity contribution >= 4 is 11.8 Å². The van der Waals surface area contributed by atoms with Gasteiger partial charge in [-0.2, -0.15) is 4.98 Å². The van der Waals surface area contributed by atoms with Gasteiger partial charge in [-0.15, -0.1) is 0 Å². The number of nitrogens with zero attached hydrogens (tertiary/aromatic N) is 4. The fraction of sp³-hybridized carbons (Fsp3) is 0.750. The molecule has 0 spiro atoms. The molecule has 1 aliphatic carbocycles. The minimum Gasteiger partial charge on any atom is -0.389 e. The van der Waals surface area contributed by atoms with E-state index < -0.39 is 5.60 Å². The fourth-order valence-corrected chi connectivity index (χ4v) is 3.49. The van der Waals surface area contributed by atoms with Crippen molar-refractivity contribution in [1.29, 1.82) is 0 Å². The Labute approximate surface area is 132 Å². The zero-order valence-electron chi connectivity index (χ0n) is 13.5. The van der Waals surface area contributed by atoms with Gasteiger partial charge in [-0.3, -0.25) is 4.90 Å². The average Bonchev–Trinajstić information content (AvgIpc) is 2.95. The number of β-amino-alcohol motifs (C(OH)–C–C–N with tert-alkyl or cyclic N) is 1. The van der Waals surface area contributed by atoms with Crippen LogP contribution in [-0.4, -0.2) is 64.8 Å². The molecule has 0 unspecified atom stereocenters. The topological polar surface area (TPSA) is 64.5 Å². The first-order chi connectivity index (χ1) is 10.7. The molecule has 2 heterocycles. The minimum atomic E-state index is -0.441. The summed E-state index contributed by atoms with van der Waals surface area (Å²) in [6.45, 7) is 7.53. The smallest absolute Gasteiger partial charge is 0.227 e. The van der Waals surface area contributed by atoms with Crippen molar-refractivity contribution in [3.63, 3.8) is 0 Å². The van der Waals surface area contributed by atoms with Crippen LogP contribution in [0, 0.1) is 0 Å². The summed E-state index contributed by atoms with van der Waals surface area (Å²) in [5, 5.41) is 13.8. The third-order valence-electron chi connectivity index (χ3n) is 4.71. The molecule has 1 saturated heterocycles. The first-order valence-corrected chi connectivity index (χ1v) is 8.45. The number of anilines is 2. The summed E-state index contributed by atoms with van der Waals surface area (Å²) >= 11 is 0. The van der Waals surface area contributed by atoms with Crippen molar-refractivity contribution in [3.05, 3.63) is 12.3 Å². The molecule has 2 aliphatic rings. The molecule has 122 valence electrons. The van der Waals surface area contributed by atoms with Crippen molar-refractivity contribution < 1.29 is 5.11 Å². The molecule has 6 nitrogen and oxygen atoms in total. The second-order valence-electron chi connectivity index (χ2n) is 6.47. The van der Waals surface area contributed by atoms with Crippen LogP contribution in [0.4, 0.5) is 11.8 Å². The van der Waals surface area contributed by atoms with Crippen molar-refractivity contribution in [2.75, 3.05) is 49.5 Å². The van der Waals surface area contributed by atoms with Gasteiger partial charge < -0.3 is 15.3 Å². The normalized spacial score (nSPS) is 22.0. The first-order valence-electron chi connectivity index (χ1n) is 8.45. The Balaban J connectivity index is 1.54. The van der Waals surface area contributed by atoms with E-state index in [1.807, 2.05) is 12.3 Å². The zero-order valence-corrected chi connectivity index (χ0v) is 13.5. The van der Waals surface area contributed by atoms with Crippen LogP contribution in [0.25, 0.3) is 0 Å². The van der Waals surface area contributed by atoms with E-state index in [4.69, 9.17) is 0 Å². The van der Waals surface area contributed by atoms with Gasteiger partial charge in [0.25, 0.3) is 0 Å². The van der Waals surface area contributed by atoms with E-state index >= 15 is 0 Å². The molecule has 2 N–H and O–H groups in total. The molecule has 2 fully saturated rings. The third kappa shape index (κ3) is 3.67. The Kier molecular flexibility index (Phi) is 4.78. The Morgan fingerprint density at radius 1 is 1.23 bits per heavy atom. The average molecular weight is 305 g/mol. The van der Waals surface area contributed by atoms with Crippen LogP contribution in [-0.2, 0) is 0 Å². The number of piperazine rings is 1. The first kappa shape index (κ1) is 15.5. The Bertz CT molecular complexity index is 481. The summed E-state index contributed by atoms with van der Waals surface area (Å²) in [5.74, 6) is 1.69. The quantitative estimate of drug-likeness (QED) is 0.856. The van der Waals surface area contributed by atoms with Gasteiger partial charge >= 0.3 is 0 Å². The number of nitrogens with one attached hydrogen (secondary N) is 1. The molecule has 22 heavy (non-hydrogen) atoms. The second-order valence-corrected chi connectivity index (χ2v) is 6.47. The van der Waals surface area contributed by atoms with Crippen molar-refractivity contribution in [1.82, 2.24) is 14.9 Å². The fourth-order valence-electron chi connectivity index (χ4n) is 3.49. The highest BCUT2D eigenvalue weighted by atomic mass is 16.3. The number of rotatable bonds is 5. The summed E-state index contributed by atoms with van der Waals surface area (Å²) in [7, 11) is 0. The molecule has 1 saturated carbocycles. The molecular weight excluding hydrogens is 278 g/mol. The Morgan fingerprint density at radius 3 is 2.64 bits per heavy atom. The summed E-state index contributed by atoms with van der Waals surface area (Å²) in [4.78, 5) is 13.6. The standard InChI is InChI=1S/C16H27N5O/c1-2-17-14-5-8-18-15(19-14)21-11-9-20(10-12-21)13-16(22)6-3-4-7-16/h5,8,22H,2-4,6-7,9-13H2,1H3,(H,17,18,19). The van der Waals surface area contributed by atoms with E-state index in [0.717, 1.165) is 63.9 Å². The van der Waals surface area contributed by atoms with Gasteiger partial charge in [-0.25, -0.2) is 4.98 Å². The number of hydrogen-bond acceptors (Lipinski definition) is 6. The van der Waals surface area contributed by atoms with Gasteiger partial charge in [0.1, 0.15) is 5.82 Å². The predicted molar refractivity (Wildman–Crippen MR) is 88.3 cm³/mol. The maximum atomic E-state index is 10.5. The Morgan fingerprint density at radius 2 is 1.95 bits per heavy atom. The van der Waals surface area contributed by atoms with E-state index in [-0.39, 0.29) is 0 Å². The Hall–Kier alpha value is -1.40. The van der Waals surface area contributed by atoms with Gasteiger partial charge in [0.15, 0.2) is 0 Å². The van der Waals surface area contributed by atoms with Gasteiger partial charge in [-0.05, 0) is 25.8 Å². The van der Waals surface area contributed by atoms with Crippen LogP contribution in [0.3, 0.4) is 0 Å². The maximum absolute atomic E-state index is 10.5. The molecule has 0 amide bonds. The van der Waals surface area contributed by atoms with Crippen LogP contribution < -0.4 is 10.2 Å². The highest BCUT2D eigenvalue weighted by molar-refractivity contribution is 5.41. The van der Waals surface area contributed by atoms with Crippen LogP contribution in [0.1, 0.15) is 32.6 Å². The highest BCUT2D eigenvalue weighted by Crippen LogP contribution is 2.30. The molecule has 0 aromatic carbocycles. The molecule has 3 rings (SSSR count). The van der Waals surface area contributed by atoms with E-state index in [0.29, 0.717) is 0 Å². The molecule has 1 aromatic heterocycles. The van der Waals surface area contributed by atoms with Gasteiger partial charge in [0.05, 0.1) is 5.60 Å². The van der Waals surface area contributed by atoms with Crippen molar-refractivity contribution in [2.24, 2.45) is 0 Å². The zero-order chi connectivity index (χ0) is 15.4. The van der Waals surface area contributed by atoms with Crippen LogP contribution in [0.5, 0.6) is 0 Å². The molecule has 1 aromatic rings. The highest BCUT2D eigenvalue weighted by Gasteiger charge is 2.34. The van der Waals surface area contributed by atoms with E-state index in [2.05, 4.69) is 32.0 Å². The minimum absolute atomic E-state index is 0.441. The lowest BCUT2D eigenvalue weighted by Gasteiger charge is -2.38. The monoisotopic (exact) mass is 305 g/mol. The maximum Gasteiger partial charge on any atom is 0.227 e. The molecule has 0 radical (unpaired) electrons. The molecule has 0 bridgehead atoms. The molecule has 0 atom stereocenters. The second kappa shape index (κ2) is 6.79. The largest absolute Gasteiger partial charge is 0.389 e. The lowest BCUT2D eigenvalue weighted by atomic mass is 10.0. The summed E-state index contributed by atoms with van der Waals surface area (Å²) in [6, 6.07) is 1.90. The molecule has 6 heteroatoms. The predicted octanol–water partition coefficient (Wildman–Crippen LogP) is 1.34. The van der Waals surface area contributed by atoms with Gasteiger partial charge in [0, 0.05) is 45.5 Å². The third-order valence-corrected chi connectivity index (χ3v) is 4.71. The van der Waals surface area contributed by atoms with Gasteiger partial charge in [-0.1, -0.05) is 12.8 Å². The molecular formula is C16H27N5O. The summed E-state index contributed by atoms with van der Waals surface area (Å²) in [6.07, 6.45) is 6.07. The summed E-state index contributed by atoms with van der Waals surface area (Å²) in [5.41, 5.74) is -0.441. The van der Waals surface area contributed by atoms with Crippen LogP contribution in [0.15, 0.2) is 12.3 Å². The number of aliphatic hydroxyl groups is 1. The number of hydrogen-bond donors (Lipinski definition) is 2. The van der Waals surface area contributed by atoms with Gasteiger partial charge in [0.2, 0.25) is 5.95 Å². The van der Waals surface area contributed by atoms with Crippen molar-refractivity contribution in [3.8, 4) is 0 Å². The van der Waals surface area contributed by atoms with Crippen LogP contribution in [0.2, 0.25) is 0 Å². The summed E-state index contributed by atoms with van der Waals surface area (Å²) < 4.78 is 0.